The van der Waals surface area contributed by atoms with Gasteiger partial charge in [-0.05, 0) is 24.3 Å². The van der Waals surface area contributed by atoms with Crippen molar-refractivity contribution in [3.05, 3.63) is 144 Å². The molecular weight excluding hydrogens is 452 g/mol. The van der Waals surface area contributed by atoms with E-state index >= 15 is 0 Å². The van der Waals surface area contributed by atoms with Crippen LogP contribution in [0.3, 0.4) is 0 Å². The van der Waals surface area contributed by atoms with Crippen LogP contribution in [-0.2, 0) is 9.59 Å². The Kier molecular flexibility index (Phi) is 7.58. The summed E-state index contributed by atoms with van der Waals surface area (Å²) in [6.45, 7) is 0. The second-order valence-corrected chi connectivity index (χ2v) is 7.78. The molecule has 176 valence electrons. The van der Waals surface area contributed by atoms with E-state index in [1.807, 2.05) is 0 Å². The third kappa shape index (κ3) is 5.69. The Bertz CT molecular complexity index is 1300. The molecule has 4 aromatic carbocycles. The molecule has 0 saturated heterocycles. The minimum absolute atomic E-state index is 0.168. The number of Topliss-reactive ketones (excluding diaryl/α,β-unsaturated/α-hetero) is 2. The van der Waals surface area contributed by atoms with Crippen molar-refractivity contribution in [3.63, 3.8) is 0 Å². The van der Waals surface area contributed by atoms with Crippen LogP contribution in [-0.4, -0.2) is 23.4 Å². The van der Waals surface area contributed by atoms with Crippen molar-refractivity contribution < 1.29 is 19.2 Å². The molecule has 6 nitrogen and oxygen atoms in total. The smallest absolute Gasteiger partial charge is 0.260 e. The van der Waals surface area contributed by atoms with Crippen LogP contribution in [0.1, 0.15) is 20.7 Å². The predicted molar refractivity (Wildman–Crippen MR) is 139 cm³/mol. The lowest BCUT2D eigenvalue weighted by molar-refractivity contribution is -0.115. The maximum atomic E-state index is 13.7. The maximum Gasteiger partial charge on any atom is 0.260 e. The SMILES string of the molecule is O=C(Nc1ccccc1)/C(C(=O)c1ccccc1)=C(\C(=O)Nc1ccccc1)C(=O)c1ccccc1. The average molecular weight is 475 g/mol. The summed E-state index contributed by atoms with van der Waals surface area (Å²) >= 11 is 0. The number of rotatable bonds is 8. The number of ketones is 2. The van der Waals surface area contributed by atoms with Crippen LogP contribution >= 0.6 is 0 Å². The molecule has 4 rings (SSSR count). The summed E-state index contributed by atoms with van der Waals surface area (Å²) in [4.78, 5) is 54.4. The minimum Gasteiger partial charge on any atom is -0.322 e. The van der Waals surface area contributed by atoms with Gasteiger partial charge in [0.1, 0.15) is 11.1 Å². The zero-order chi connectivity index (χ0) is 25.3. The zero-order valence-corrected chi connectivity index (χ0v) is 19.2. The summed E-state index contributed by atoms with van der Waals surface area (Å²) in [5, 5.41) is 5.30. The van der Waals surface area contributed by atoms with E-state index in [1.165, 1.54) is 24.3 Å². The quantitative estimate of drug-likeness (QED) is 0.156. The predicted octanol–water partition coefficient (Wildman–Crippen LogP) is 5.33. The van der Waals surface area contributed by atoms with Gasteiger partial charge < -0.3 is 10.6 Å². The molecular formula is C30H22N2O4. The number of hydrogen-bond donors (Lipinski definition) is 2. The molecule has 36 heavy (non-hydrogen) atoms. The van der Waals surface area contributed by atoms with Gasteiger partial charge in [0.25, 0.3) is 11.8 Å². The van der Waals surface area contributed by atoms with E-state index in [4.69, 9.17) is 0 Å². The van der Waals surface area contributed by atoms with E-state index in [2.05, 4.69) is 10.6 Å². The molecule has 0 aliphatic heterocycles. The minimum atomic E-state index is -0.863. The summed E-state index contributed by atoms with van der Waals surface area (Å²) in [5.74, 6) is -3.21. The van der Waals surface area contributed by atoms with Crippen LogP contribution in [0.2, 0.25) is 0 Å². The molecule has 0 bridgehead atoms. The van der Waals surface area contributed by atoms with Gasteiger partial charge in [-0.25, -0.2) is 0 Å². The van der Waals surface area contributed by atoms with Gasteiger partial charge in [0.15, 0.2) is 11.6 Å². The molecule has 0 saturated carbocycles. The lowest BCUT2D eigenvalue weighted by atomic mass is 9.91. The molecule has 2 amide bonds. The molecule has 0 aliphatic rings. The fraction of sp³-hybridized carbons (Fsp3) is 0. The highest BCUT2D eigenvalue weighted by Gasteiger charge is 2.33. The maximum absolute atomic E-state index is 13.7. The van der Waals surface area contributed by atoms with Crippen molar-refractivity contribution in [2.45, 2.75) is 0 Å². The summed E-state index contributed by atoms with van der Waals surface area (Å²) in [6, 6.07) is 33.1. The van der Waals surface area contributed by atoms with Gasteiger partial charge in [0, 0.05) is 22.5 Å². The number of carbonyl (C=O) groups is 4. The van der Waals surface area contributed by atoms with Crippen molar-refractivity contribution in [1.29, 1.82) is 0 Å². The monoisotopic (exact) mass is 474 g/mol. The van der Waals surface area contributed by atoms with Gasteiger partial charge in [-0.1, -0.05) is 97.1 Å². The molecule has 0 aromatic heterocycles. The van der Waals surface area contributed by atoms with Crippen molar-refractivity contribution in [1.82, 2.24) is 0 Å². The van der Waals surface area contributed by atoms with Crippen LogP contribution in [0.5, 0.6) is 0 Å². The largest absolute Gasteiger partial charge is 0.322 e. The second kappa shape index (κ2) is 11.4. The average Bonchev–Trinajstić information content (AvgIpc) is 2.93. The molecule has 0 fully saturated rings. The van der Waals surface area contributed by atoms with Crippen LogP contribution in [0.15, 0.2) is 132 Å². The summed E-state index contributed by atoms with van der Waals surface area (Å²) in [5.41, 5.74) is 0.0644. The fourth-order valence-corrected chi connectivity index (χ4v) is 3.56. The van der Waals surface area contributed by atoms with Gasteiger partial charge in [0.2, 0.25) is 0 Å². The first kappa shape index (κ1) is 24.0. The third-order valence-corrected chi connectivity index (χ3v) is 5.29. The molecule has 4 aromatic rings. The summed E-state index contributed by atoms with van der Waals surface area (Å²) in [7, 11) is 0. The highest BCUT2D eigenvalue weighted by molar-refractivity contribution is 6.40. The number of carbonyl (C=O) groups excluding carboxylic acids is 4. The van der Waals surface area contributed by atoms with E-state index in [1.54, 1.807) is 97.1 Å². The van der Waals surface area contributed by atoms with Gasteiger partial charge in [-0.2, -0.15) is 0 Å². The first-order valence-corrected chi connectivity index (χ1v) is 11.2. The van der Waals surface area contributed by atoms with Crippen LogP contribution in [0, 0.1) is 0 Å². The second-order valence-electron chi connectivity index (χ2n) is 7.78. The van der Waals surface area contributed by atoms with Crippen molar-refractivity contribution in [3.8, 4) is 0 Å². The summed E-state index contributed by atoms with van der Waals surface area (Å²) in [6.07, 6.45) is 0. The number of nitrogens with one attached hydrogen (secondary N) is 2. The molecule has 0 atom stereocenters. The molecule has 6 heteroatoms. The number of amides is 2. The van der Waals surface area contributed by atoms with Gasteiger partial charge >= 0.3 is 0 Å². The Hall–Kier alpha value is -5.10. The van der Waals surface area contributed by atoms with Crippen molar-refractivity contribution in [2.24, 2.45) is 0 Å². The fourth-order valence-electron chi connectivity index (χ4n) is 3.56. The molecule has 2 N–H and O–H groups in total. The Morgan fingerprint density at radius 2 is 0.667 bits per heavy atom. The van der Waals surface area contributed by atoms with E-state index in [0.29, 0.717) is 11.4 Å². The Morgan fingerprint density at radius 3 is 0.972 bits per heavy atom. The number of anilines is 2. The first-order chi connectivity index (χ1) is 17.5. The molecule has 0 aliphatic carbocycles. The molecule has 0 radical (unpaired) electrons. The topological polar surface area (TPSA) is 92.3 Å². The standard InChI is InChI=1S/C30H22N2O4/c33-27(21-13-5-1-6-14-21)25(29(35)31-23-17-9-3-10-18-23)26(28(34)22-15-7-2-8-16-22)30(36)32-24-19-11-4-12-20-24/h1-20H,(H,31,35)(H,32,36)/b26-25-. The van der Waals surface area contributed by atoms with E-state index in [-0.39, 0.29) is 11.1 Å². The van der Waals surface area contributed by atoms with Gasteiger partial charge in [0.05, 0.1) is 0 Å². The van der Waals surface area contributed by atoms with E-state index < -0.39 is 34.5 Å². The molecule has 0 spiro atoms. The zero-order valence-electron chi connectivity index (χ0n) is 19.2. The highest BCUT2D eigenvalue weighted by atomic mass is 16.2. The van der Waals surface area contributed by atoms with Crippen LogP contribution in [0.25, 0.3) is 0 Å². The van der Waals surface area contributed by atoms with Crippen molar-refractivity contribution in [2.75, 3.05) is 10.6 Å². The number of benzene rings is 4. The number of hydrogen-bond acceptors (Lipinski definition) is 4. The lowest BCUT2D eigenvalue weighted by Gasteiger charge is -2.15. The van der Waals surface area contributed by atoms with Crippen LogP contribution < -0.4 is 10.6 Å². The highest BCUT2D eigenvalue weighted by Crippen LogP contribution is 2.22. The van der Waals surface area contributed by atoms with E-state index in [0.717, 1.165) is 0 Å². The molecule has 0 unspecified atom stereocenters. The Morgan fingerprint density at radius 1 is 0.389 bits per heavy atom. The molecule has 0 heterocycles. The first-order valence-electron chi connectivity index (χ1n) is 11.2. The third-order valence-electron chi connectivity index (χ3n) is 5.29. The van der Waals surface area contributed by atoms with Crippen molar-refractivity contribution >= 4 is 34.8 Å². The normalized spacial score (nSPS) is 11.1. The summed E-state index contributed by atoms with van der Waals surface area (Å²) < 4.78 is 0. The van der Waals surface area contributed by atoms with Gasteiger partial charge in [-0.15, -0.1) is 0 Å². The lowest BCUT2D eigenvalue weighted by Crippen LogP contribution is -2.30. The Labute approximate surface area is 208 Å². The van der Waals surface area contributed by atoms with Crippen LogP contribution in [0.4, 0.5) is 11.4 Å². The number of para-hydroxylation sites is 2. The van der Waals surface area contributed by atoms with E-state index in [9.17, 15) is 19.2 Å². The Balaban J connectivity index is 1.89. The van der Waals surface area contributed by atoms with Gasteiger partial charge in [-0.3, -0.25) is 19.2 Å².